The van der Waals surface area contributed by atoms with Gasteiger partial charge in [0.05, 0.1) is 28.8 Å². The third-order valence-electron chi connectivity index (χ3n) is 5.35. The summed E-state index contributed by atoms with van der Waals surface area (Å²) >= 11 is 0. The van der Waals surface area contributed by atoms with Gasteiger partial charge in [-0.05, 0) is 60.7 Å². The van der Waals surface area contributed by atoms with Crippen molar-refractivity contribution in [3.63, 3.8) is 0 Å². The summed E-state index contributed by atoms with van der Waals surface area (Å²) in [7, 11) is 0. The molecular formula is C29H14F9N5O3. The first-order valence-corrected chi connectivity index (χ1v) is 12.3. The van der Waals surface area contributed by atoms with Crippen molar-refractivity contribution in [2.45, 2.75) is 12.4 Å². The lowest BCUT2D eigenvalue weighted by molar-refractivity contribution is -0.140. The first-order chi connectivity index (χ1) is 21.7. The maximum absolute atomic E-state index is 13.3. The predicted octanol–water partition coefficient (Wildman–Crippen LogP) is 8.66. The molecule has 5 aromatic rings. The number of halogens is 9. The summed E-state index contributed by atoms with van der Waals surface area (Å²) in [6.45, 7) is 0. The minimum atomic E-state index is -4.85. The number of ether oxygens (including phenoxy) is 3. The minimum absolute atomic E-state index is 0.0721. The molecule has 5 rings (SSSR count). The van der Waals surface area contributed by atoms with E-state index in [9.17, 15) is 39.5 Å². The van der Waals surface area contributed by atoms with Crippen molar-refractivity contribution in [2.24, 2.45) is 0 Å². The fourth-order valence-corrected chi connectivity index (χ4v) is 3.34. The average molecular weight is 651 g/mol. The van der Waals surface area contributed by atoms with Crippen LogP contribution in [0.3, 0.4) is 0 Å². The zero-order valence-corrected chi connectivity index (χ0v) is 22.4. The van der Waals surface area contributed by atoms with Crippen molar-refractivity contribution >= 4 is 0 Å². The fraction of sp³-hybridized carbons (Fsp3) is 0.0690. The fourth-order valence-electron chi connectivity index (χ4n) is 3.34. The molecule has 0 spiro atoms. The van der Waals surface area contributed by atoms with Gasteiger partial charge in [-0.25, -0.2) is 23.7 Å². The minimum Gasteiger partial charge on any atom is -0.439 e. The van der Waals surface area contributed by atoms with Crippen LogP contribution in [0.1, 0.15) is 16.7 Å². The largest absolute Gasteiger partial charge is 0.439 e. The van der Waals surface area contributed by atoms with Crippen molar-refractivity contribution in [1.82, 2.24) is 19.9 Å². The van der Waals surface area contributed by atoms with Crippen LogP contribution >= 0.6 is 0 Å². The molecule has 0 radical (unpaired) electrons. The molecule has 2 heterocycles. The van der Waals surface area contributed by atoms with E-state index >= 15 is 0 Å². The summed E-state index contributed by atoms with van der Waals surface area (Å²) in [6.07, 6.45) is -8.65. The Hall–Kier alpha value is -5.92. The van der Waals surface area contributed by atoms with Gasteiger partial charge >= 0.3 is 18.4 Å². The van der Waals surface area contributed by atoms with Gasteiger partial charge in [-0.15, -0.1) is 0 Å². The summed E-state index contributed by atoms with van der Waals surface area (Å²) in [6, 6.07) is 14.9. The van der Waals surface area contributed by atoms with E-state index in [0.717, 1.165) is 30.7 Å². The topological polar surface area (TPSA) is 103 Å². The standard InChI is InChI=1S/C18H9F4N3O2.C11H5F5N2O/c19-15-6-5-13(7-14(15)18(20,21)22)27-17-8-16(24-10-25-17)26-12-3-1-11(9-23)2-4-12;12-8-2-1-6(5-7(8)11(14,15)16)19-9-3-4-17-10(13)18-9/h1-8,10H;1-5H. The van der Waals surface area contributed by atoms with Crippen LogP contribution in [-0.4, -0.2) is 19.9 Å². The van der Waals surface area contributed by atoms with Gasteiger partial charge < -0.3 is 14.2 Å². The molecule has 3 aromatic carbocycles. The van der Waals surface area contributed by atoms with Crippen molar-refractivity contribution in [3.05, 3.63) is 120 Å². The Kier molecular flexibility index (Phi) is 9.90. The second-order valence-electron chi connectivity index (χ2n) is 8.58. The summed E-state index contributed by atoms with van der Waals surface area (Å²) in [5.41, 5.74) is -2.46. The molecule has 0 N–H and O–H groups in total. The van der Waals surface area contributed by atoms with Gasteiger partial charge in [-0.1, -0.05) is 0 Å². The first kappa shape index (κ1) is 33.0. The number of hydrogen-bond donors (Lipinski definition) is 0. The lowest BCUT2D eigenvalue weighted by Crippen LogP contribution is -2.08. The summed E-state index contributed by atoms with van der Waals surface area (Å²) in [4.78, 5) is 14.0. The van der Waals surface area contributed by atoms with Crippen LogP contribution in [0.4, 0.5) is 39.5 Å². The van der Waals surface area contributed by atoms with E-state index < -0.39 is 41.2 Å². The van der Waals surface area contributed by atoms with Gasteiger partial charge in [0.25, 0.3) is 0 Å². The van der Waals surface area contributed by atoms with E-state index in [2.05, 4.69) is 19.9 Å². The molecule has 0 aliphatic heterocycles. The van der Waals surface area contributed by atoms with Gasteiger partial charge in [-0.2, -0.15) is 41.0 Å². The van der Waals surface area contributed by atoms with Gasteiger partial charge in [0.1, 0.15) is 35.2 Å². The Morgan fingerprint density at radius 3 is 1.52 bits per heavy atom. The summed E-state index contributed by atoms with van der Waals surface area (Å²) in [5, 5.41) is 8.76. The van der Waals surface area contributed by atoms with Crippen molar-refractivity contribution in [1.29, 1.82) is 5.26 Å². The Morgan fingerprint density at radius 2 is 1.04 bits per heavy atom. The second kappa shape index (κ2) is 13.8. The van der Waals surface area contributed by atoms with Crippen molar-refractivity contribution < 1.29 is 53.7 Å². The first-order valence-electron chi connectivity index (χ1n) is 12.3. The molecule has 0 aliphatic rings. The number of nitriles is 1. The van der Waals surface area contributed by atoms with Crippen molar-refractivity contribution in [2.75, 3.05) is 0 Å². The molecule has 0 saturated heterocycles. The normalized spacial score (nSPS) is 11.1. The highest BCUT2D eigenvalue weighted by Crippen LogP contribution is 2.36. The van der Waals surface area contributed by atoms with E-state index in [4.69, 9.17) is 19.5 Å². The highest BCUT2D eigenvalue weighted by Gasteiger charge is 2.35. The van der Waals surface area contributed by atoms with E-state index in [1.165, 1.54) is 6.07 Å². The van der Waals surface area contributed by atoms with Crippen LogP contribution in [-0.2, 0) is 12.4 Å². The molecule has 0 fully saturated rings. The molecule has 0 saturated carbocycles. The quantitative estimate of drug-likeness (QED) is 0.133. The summed E-state index contributed by atoms with van der Waals surface area (Å²) in [5.74, 6) is -3.29. The Labute approximate surface area is 252 Å². The van der Waals surface area contributed by atoms with Crippen molar-refractivity contribution in [3.8, 4) is 41.0 Å². The molecule has 0 aliphatic carbocycles. The zero-order valence-electron chi connectivity index (χ0n) is 22.4. The van der Waals surface area contributed by atoms with E-state index in [-0.39, 0.29) is 29.1 Å². The highest BCUT2D eigenvalue weighted by atomic mass is 19.4. The van der Waals surface area contributed by atoms with E-state index in [0.29, 0.717) is 35.6 Å². The lowest BCUT2D eigenvalue weighted by atomic mass is 10.2. The molecule has 236 valence electrons. The Morgan fingerprint density at radius 1 is 0.565 bits per heavy atom. The van der Waals surface area contributed by atoms with Crippen LogP contribution in [0, 0.1) is 29.0 Å². The van der Waals surface area contributed by atoms with E-state index in [1.807, 2.05) is 6.07 Å². The Balaban J connectivity index is 0.000000222. The van der Waals surface area contributed by atoms with Crippen LogP contribution < -0.4 is 14.2 Å². The Bertz CT molecular complexity index is 1860. The smallest absolute Gasteiger partial charge is 0.419 e. The van der Waals surface area contributed by atoms with Gasteiger partial charge in [0, 0.05) is 12.3 Å². The molecule has 0 amide bonds. The van der Waals surface area contributed by atoms with Gasteiger partial charge in [0.15, 0.2) is 0 Å². The number of rotatable bonds is 6. The van der Waals surface area contributed by atoms with Crippen LogP contribution in [0.5, 0.6) is 34.9 Å². The number of hydrogen-bond acceptors (Lipinski definition) is 8. The molecule has 46 heavy (non-hydrogen) atoms. The average Bonchev–Trinajstić information content (AvgIpc) is 2.99. The number of benzene rings is 3. The van der Waals surface area contributed by atoms with Crippen LogP contribution in [0.2, 0.25) is 0 Å². The second-order valence-corrected chi connectivity index (χ2v) is 8.58. The van der Waals surface area contributed by atoms with Gasteiger partial charge in [0.2, 0.25) is 17.6 Å². The molecule has 0 unspecified atom stereocenters. The zero-order chi connectivity index (χ0) is 33.5. The van der Waals surface area contributed by atoms with Crippen LogP contribution in [0.25, 0.3) is 0 Å². The third kappa shape index (κ3) is 9.05. The number of aromatic nitrogens is 4. The number of alkyl halides is 6. The van der Waals surface area contributed by atoms with Gasteiger partial charge in [-0.3, -0.25) is 0 Å². The predicted molar refractivity (Wildman–Crippen MR) is 138 cm³/mol. The SMILES string of the molecule is Fc1nccc(Oc2ccc(F)c(C(F)(F)F)c2)n1.N#Cc1ccc(Oc2cc(Oc3ccc(F)c(C(F)(F)F)c3)ncn2)cc1. The maximum atomic E-state index is 13.3. The van der Waals surface area contributed by atoms with Crippen LogP contribution in [0.15, 0.2) is 85.3 Å². The van der Waals surface area contributed by atoms with E-state index in [1.54, 1.807) is 24.3 Å². The monoisotopic (exact) mass is 651 g/mol. The molecule has 17 heteroatoms. The highest BCUT2D eigenvalue weighted by molar-refractivity contribution is 5.38. The molecule has 0 bridgehead atoms. The number of nitrogens with zero attached hydrogens (tertiary/aromatic N) is 5. The molecular weight excluding hydrogens is 637 g/mol. The summed E-state index contributed by atoms with van der Waals surface area (Å²) < 4.78 is 130. The third-order valence-corrected chi connectivity index (χ3v) is 5.35. The maximum Gasteiger partial charge on any atom is 0.419 e. The molecule has 8 nitrogen and oxygen atoms in total. The molecule has 0 atom stereocenters. The molecule has 2 aromatic heterocycles. The lowest BCUT2D eigenvalue weighted by Gasteiger charge is -2.11.